The van der Waals surface area contributed by atoms with Crippen molar-refractivity contribution in [1.82, 2.24) is 9.97 Å². The van der Waals surface area contributed by atoms with Crippen LogP contribution in [0, 0.1) is 0 Å². The first-order chi connectivity index (χ1) is 7.79. The molecule has 0 spiro atoms. The number of nitrogens with zero attached hydrogens (tertiary/aromatic N) is 2. The fourth-order valence-corrected chi connectivity index (χ4v) is 1.47. The minimum absolute atomic E-state index is 0.366. The minimum Gasteiger partial charge on any atom is -0.384 e. The molecule has 0 saturated heterocycles. The Labute approximate surface area is 94.1 Å². The van der Waals surface area contributed by atoms with Crippen LogP contribution in [-0.2, 0) is 11.3 Å². The summed E-state index contributed by atoms with van der Waals surface area (Å²) in [4.78, 5) is 8.47. The van der Waals surface area contributed by atoms with E-state index in [1.54, 1.807) is 13.2 Å². The van der Waals surface area contributed by atoms with E-state index in [0.717, 1.165) is 11.3 Å². The maximum Gasteiger partial charge on any atom is 0.157 e. The lowest BCUT2D eigenvalue weighted by Gasteiger charge is -2.05. The number of ether oxygens (including phenoxy) is 1. The molecule has 1 heterocycles. The van der Waals surface area contributed by atoms with E-state index in [1.807, 2.05) is 30.3 Å². The third-order valence-corrected chi connectivity index (χ3v) is 2.14. The molecule has 1 aromatic heterocycles. The van der Waals surface area contributed by atoms with Crippen LogP contribution >= 0.6 is 0 Å². The second-order valence-corrected chi connectivity index (χ2v) is 3.39. The topological polar surface area (TPSA) is 61.0 Å². The van der Waals surface area contributed by atoms with Crippen molar-refractivity contribution < 1.29 is 4.74 Å². The van der Waals surface area contributed by atoms with Gasteiger partial charge in [0.25, 0.3) is 0 Å². The van der Waals surface area contributed by atoms with Crippen LogP contribution in [0.1, 0.15) is 5.82 Å². The molecule has 4 heteroatoms. The van der Waals surface area contributed by atoms with Crippen molar-refractivity contribution in [2.24, 2.45) is 0 Å². The number of aromatic nitrogens is 2. The van der Waals surface area contributed by atoms with Gasteiger partial charge in [-0.25, -0.2) is 9.97 Å². The summed E-state index contributed by atoms with van der Waals surface area (Å²) in [5.74, 6) is 1.06. The molecule has 16 heavy (non-hydrogen) atoms. The molecule has 0 bridgehead atoms. The predicted octanol–water partition coefficient (Wildman–Crippen LogP) is 1.87. The molecule has 2 aromatic rings. The van der Waals surface area contributed by atoms with Gasteiger partial charge in [0.1, 0.15) is 12.4 Å². The van der Waals surface area contributed by atoms with E-state index >= 15 is 0 Å². The second-order valence-electron chi connectivity index (χ2n) is 3.39. The van der Waals surface area contributed by atoms with E-state index < -0.39 is 0 Å². The van der Waals surface area contributed by atoms with Crippen LogP contribution in [0.15, 0.2) is 36.4 Å². The zero-order chi connectivity index (χ0) is 11.4. The monoisotopic (exact) mass is 215 g/mol. The van der Waals surface area contributed by atoms with Gasteiger partial charge < -0.3 is 10.5 Å². The molecule has 0 fully saturated rings. The molecule has 0 radical (unpaired) electrons. The van der Waals surface area contributed by atoms with Crippen molar-refractivity contribution >= 4 is 5.82 Å². The highest BCUT2D eigenvalue weighted by Gasteiger charge is 2.04. The smallest absolute Gasteiger partial charge is 0.157 e. The predicted molar refractivity (Wildman–Crippen MR) is 62.6 cm³/mol. The van der Waals surface area contributed by atoms with Gasteiger partial charge in [0.05, 0.1) is 5.69 Å². The highest BCUT2D eigenvalue weighted by molar-refractivity contribution is 5.61. The Morgan fingerprint density at radius 1 is 1.19 bits per heavy atom. The zero-order valence-electron chi connectivity index (χ0n) is 9.05. The van der Waals surface area contributed by atoms with Crippen LogP contribution in [0.2, 0.25) is 0 Å². The van der Waals surface area contributed by atoms with E-state index in [-0.39, 0.29) is 0 Å². The fraction of sp³-hybridized carbons (Fsp3) is 0.167. The molecule has 0 atom stereocenters. The van der Waals surface area contributed by atoms with E-state index in [2.05, 4.69) is 9.97 Å². The van der Waals surface area contributed by atoms with Crippen LogP contribution in [0.25, 0.3) is 11.3 Å². The number of hydrogen-bond donors (Lipinski definition) is 1. The van der Waals surface area contributed by atoms with Gasteiger partial charge in [-0.2, -0.15) is 0 Å². The van der Waals surface area contributed by atoms with Crippen molar-refractivity contribution in [2.75, 3.05) is 12.8 Å². The molecule has 0 aliphatic carbocycles. The summed E-state index contributed by atoms with van der Waals surface area (Å²) in [7, 11) is 1.61. The van der Waals surface area contributed by atoms with Gasteiger partial charge in [0.2, 0.25) is 0 Å². The second kappa shape index (κ2) is 4.72. The molecule has 4 nitrogen and oxygen atoms in total. The Balaban J connectivity index is 2.41. The van der Waals surface area contributed by atoms with Gasteiger partial charge in [0.15, 0.2) is 5.82 Å². The summed E-state index contributed by atoms with van der Waals surface area (Å²) >= 11 is 0. The maximum atomic E-state index is 5.72. The van der Waals surface area contributed by atoms with Gasteiger partial charge in [-0.05, 0) is 0 Å². The van der Waals surface area contributed by atoms with Crippen molar-refractivity contribution in [1.29, 1.82) is 0 Å². The fourth-order valence-electron chi connectivity index (χ4n) is 1.47. The average molecular weight is 215 g/mol. The van der Waals surface area contributed by atoms with Crippen molar-refractivity contribution in [3.63, 3.8) is 0 Å². The zero-order valence-corrected chi connectivity index (χ0v) is 9.05. The molecule has 1 aromatic carbocycles. The number of nitrogen functional groups attached to an aromatic ring is 1. The van der Waals surface area contributed by atoms with E-state index in [4.69, 9.17) is 10.5 Å². The minimum atomic E-state index is 0.366. The standard InChI is InChI=1S/C12H13N3O/c1-16-8-12-14-10(7-11(13)15-12)9-5-3-2-4-6-9/h2-7H,8H2,1H3,(H2,13,14,15). The number of anilines is 1. The van der Waals surface area contributed by atoms with E-state index in [1.165, 1.54) is 0 Å². The van der Waals surface area contributed by atoms with Crippen molar-refractivity contribution in [3.8, 4) is 11.3 Å². The Kier molecular flexibility index (Phi) is 3.12. The Hall–Kier alpha value is -1.94. The third-order valence-electron chi connectivity index (χ3n) is 2.14. The molecule has 82 valence electrons. The van der Waals surface area contributed by atoms with Gasteiger partial charge in [-0.1, -0.05) is 30.3 Å². The molecule has 2 N–H and O–H groups in total. The number of rotatable bonds is 3. The van der Waals surface area contributed by atoms with Gasteiger partial charge in [0, 0.05) is 18.7 Å². The first-order valence-electron chi connectivity index (χ1n) is 4.97. The van der Waals surface area contributed by atoms with Crippen LogP contribution < -0.4 is 5.73 Å². The van der Waals surface area contributed by atoms with Crippen LogP contribution in [-0.4, -0.2) is 17.1 Å². The Bertz CT molecular complexity index is 471. The van der Waals surface area contributed by atoms with E-state index in [9.17, 15) is 0 Å². The molecule has 0 aliphatic heterocycles. The third kappa shape index (κ3) is 2.35. The lowest BCUT2D eigenvalue weighted by molar-refractivity contribution is 0.178. The van der Waals surface area contributed by atoms with Crippen LogP contribution in [0.3, 0.4) is 0 Å². The lowest BCUT2D eigenvalue weighted by atomic mass is 10.1. The van der Waals surface area contributed by atoms with Gasteiger partial charge in [-0.3, -0.25) is 0 Å². The summed E-state index contributed by atoms with van der Waals surface area (Å²) < 4.78 is 4.99. The van der Waals surface area contributed by atoms with Crippen molar-refractivity contribution in [2.45, 2.75) is 6.61 Å². The summed E-state index contributed by atoms with van der Waals surface area (Å²) in [5, 5.41) is 0. The molecular weight excluding hydrogens is 202 g/mol. The Morgan fingerprint density at radius 2 is 1.94 bits per heavy atom. The number of methoxy groups -OCH3 is 1. The molecule has 0 unspecified atom stereocenters. The molecule has 0 saturated carbocycles. The number of hydrogen-bond acceptors (Lipinski definition) is 4. The van der Waals surface area contributed by atoms with Gasteiger partial charge in [-0.15, -0.1) is 0 Å². The first kappa shape index (κ1) is 10.6. The number of nitrogens with two attached hydrogens (primary N) is 1. The van der Waals surface area contributed by atoms with Crippen LogP contribution in [0.5, 0.6) is 0 Å². The highest BCUT2D eigenvalue weighted by atomic mass is 16.5. The van der Waals surface area contributed by atoms with E-state index in [0.29, 0.717) is 18.2 Å². The normalized spacial score (nSPS) is 10.3. The summed E-state index contributed by atoms with van der Waals surface area (Å²) in [5.41, 5.74) is 7.56. The summed E-state index contributed by atoms with van der Waals surface area (Å²) in [6.07, 6.45) is 0. The quantitative estimate of drug-likeness (QED) is 0.849. The first-order valence-corrected chi connectivity index (χ1v) is 4.97. The maximum absolute atomic E-state index is 5.72. The van der Waals surface area contributed by atoms with Crippen molar-refractivity contribution in [3.05, 3.63) is 42.2 Å². The summed E-state index contributed by atoms with van der Waals surface area (Å²) in [6, 6.07) is 11.6. The molecule has 0 amide bonds. The van der Waals surface area contributed by atoms with Gasteiger partial charge >= 0.3 is 0 Å². The average Bonchev–Trinajstić information content (AvgIpc) is 2.30. The number of benzene rings is 1. The largest absolute Gasteiger partial charge is 0.384 e. The van der Waals surface area contributed by atoms with Crippen LogP contribution in [0.4, 0.5) is 5.82 Å². The Morgan fingerprint density at radius 3 is 2.62 bits per heavy atom. The summed E-state index contributed by atoms with van der Waals surface area (Å²) in [6.45, 7) is 0.366. The molecule has 0 aliphatic rings. The lowest BCUT2D eigenvalue weighted by Crippen LogP contribution is -2.02. The highest BCUT2D eigenvalue weighted by Crippen LogP contribution is 2.18. The molecule has 2 rings (SSSR count). The SMILES string of the molecule is COCc1nc(N)cc(-c2ccccc2)n1. The molecular formula is C12H13N3O.